The molecule has 1 fully saturated rings. The molecule has 0 radical (unpaired) electrons. The third-order valence-corrected chi connectivity index (χ3v) is 4.14. The molecule has 0 amide bonds. The van der Waals surface area contributed by atoms with Crippen LogP contribution in [0.5, 0.6) is 0 Å². The van der Waals surface area contributed by atoms with Gasteiger partial charge in [0.2, 0.25) is 0 Å². The van der Waals surface area contributed by atoms with Gasteiger partial charge < -0.3 is 10.2 Å². The van der Waals surface area contributed by atoms with Crippen molar-refractivity contribution in [3.05, 3.63) is 16.1 Å². The summed E-state index contributed by atoms with van der Waals surface area (Å²) in [5.41, 5.74) is 1.21. The second-order valence-electron chi connectivity index (χ2n) is 4.95. The molecule has 0 aromatic carbocycles. The Bertz CT molecular complexity index is 337. The maximum absolute atomic E-state index is 4.51. The first-order valence-electron chi connectivity index (χ1n) is 5.95. The number of thiazole rings is 1. The van der Waals surface area contributed by atoms with Gasteiger partial charge >= 0.3 is 0 Å². The Morgan fingerprint density at radius 3 is 2.94 bits per heavy atom. The van der Waals surface area contributed by atoms with E-state index in [-0.39, 0.29) is 0 Å². The fraction of sp³-hybridized carbons (Fsp3) is 0.750. The van der Waals surface area contributed by atoms with Crippen LogP contribution in [0.15, 0.2) is 5.38 Å². The van der Waals surface area contributed by atoms with Crippen molar-refractivity contribution in [1.82, 2.24) is 15.2 Å². The molecule has 90 valence electrons. The first-order chi connectivity index (χ1) is 7.65. The van der Waals surface area contributed by atoms with Gasteiger partial charge in [-0.05, 0) is 38.9 Å². The second kappa shape index (κ2) is 5.25. The second-order valence-corrected chi connectivity index (χ2v) is 6.01. The molecule has 2 unspecified atom stereocenters. The lowest BCUT2D eigenvalue weighted by atomic mass is 9.98. The van der Waals surface area contributed by atoms with Crippen LogP contribution >= 0.6 is 11.3 Å². The molecular formula is C12H21N3S. The summed E-state index contributed by atoms with van der Waals surface area (Å²) in [7, 11) is 2.19. The molecule has 0 aliphatic carbocycles. The molecule has 0 spiro atoms. The summed E-state index contributed by atoms with van der Waals surface area (Å²) in [6.07, 6.45) is 0. The van der Waals surface area contributed by atoms with E-state index in [4.69, 9.17) is 0 Å². The van der Waals surface area contributed by atoms with Crippen molar-refractivity contribution in [3.8, 4) is 0 Å². The average Bonchev–Trinajstić information content (AvgIpc) is 2.77. The fourth-order valence-electron chi connectivity index (χ4n) is 2.33. The molecule has 4 heteroatoms. The van der Waals surface area contributed by atoms with Gasteiger partial charge in [0.1, 0.15) is 0 Å². The molecule has 1 aliphatic rings. The fourth-order valence-corrected chi connectivity index (χ4v) is 2.93. The highest BCUT2D eigenvalue weighted by molar-refractivity contribution is 7.09. The Hall–Kier alpha value is -0.450. The Labute approximate surface area is 102 Å². The highest BCUT2D eigenvalue weighted by atomic mass is 32.1. The summed E-state index contributed by atoms with van der Waals surface area (Å²) < 4.78 is 0. The number of nitrogens with zero attached hydrogens (tertiary/aromatic N) is 2. The zero-order chi connectivity index (χ0) is 11.5. The van der Waals surface area contributed by atoms with Crippen molar-refractivity contribution in [2.24, 2.45) is 11.8 Å². The monoisotopic (exact) mass is 239 g/mol. The zero-order valence-corrected chi connectivity index (χ0v) is 11.2. The van der Waals surface area contributed by atoms with Gasteiger partial charge in [-0.1, -0.05) is 6.92 Å². The van der Waals surface area contributed by atoms with Crippen LogP contribution in [0.1, 0.15) is 17.6 Å². The van der Waals surface area contributed by atoms with E-state index in [9.17, 15) is 0 Å². The van der Waals surface area contributed by atoms with Crippen molar-refractivity contribution in [2.75, 3.05) is 26.7 Å². The summed E-state index contributed by atoms with van der Waals surface area (Å²) in [6.45, 7) is 8.90. The minimum atomic E-state index is 0.796. The van der Waals surface area contributed by atoms with E-state index in [1.165, 1.54) is 30.3 Å². The molecule has 0 bridgehead atoms. The number of hydrogen-bond acceptors (Lipinski definition) is 4. The van der Waals surface area contributed by atoms with Crippen LogP contribution in [-0.4, -0.2) is 36.6 Å². The summed E-state index contributed by atoms with van der Waals surface area (Å²) in [5.74, 6) is 1.60. The number of aromatic nitrogens is 1. The average molecular weight is 239 g/mol. The normalized spacial score (nSPS) is 25.5. The van der Waals surface area contributed by atoms with Crippen molar-refractivity contribution >= 4 is 11.3 Å². The van der Waals surface area contributed by atoms with Gasteiger partial charge in [0.25, 0.3) is 0 Å². The van der Waals surface area contributed by atoms with Crippen LogP contribution in [0, 0.1) is 18.8 Å². The van der Waals surface area contributed by atoms with Gasteiger partial charge in [0.15, 0.2) is 0 Å². The van der Waals surface area contributed by atoms with Gasteiger partial charge in [-0.2, -0.15) is 0 Å². The van der Waals surface area contributed by atoms with E-state index in [0.29, 0.717) is 0 Å². The number of nitrogens with one attached hydrogen (secondary N) is 1. The third kappa shape index (κ3) is 3.03. The van der Waals surface area contributed by atoms with E-state index < -0.39 is 0 Å². The summed E-state index contributed by atoms with van der Waals surface area (Å²) in [4.78, 5) is 6.90. The minimum Gasteiger partial charge on any atom is -0.316 e. The van der Waals surface area contributed by atoms with Gasteiger partial charge in [-0.25, -0.2) is 4.98 Å². The molecule has 1 aromatic heterocycles. The Morgan fingerprint density at radius 1 is 1.56 bits per heavy atom. The van der Waals surface area contributed by atoms with Crippen molar-refractivity contribution in [3.63, 3.8) is 0 Å². The molecule has 2 rings (SSSR count). The third-order valence-electron chi connectivity index (χ3n) is 3.32. The van der Waals surface area contributed by atoms with Crippen molar-refractivity contribution in [1.29, 1.82) is 0 Å². The standard InChI is InChI=1S/C12H21N3S/c1-9-4-13-5-11(9)6-15(3)7-12-8-16-10(2)14-12/h8-9,11,13H,4-7H2,1-3H3. The topological polar surface area (TPSA) is 28.2 Å². The highest BCUT2D eigenvalue weighted by Crippen LogP contribution is 2.18. The van der Waals surface area contributed by atoms with Crippen molar-refractivity contribution in [2.45, 2.75) is 20.4 Å². The molecule has 1 aliphatic heterocycles. The summed E-state index contributed by atoms with van der Waals surface area (Å²) in [5, 5.41) is 6.79. The maximum Gasteiger partial charge on any atom is 0.0897 e. The quantitative estimate of drug-likeness (QED) is 0.867. The predicted octanol–water partition coefficient (Wildman–Crippen LogP) is 1.74. The molecule has 16 heavy (non-hydrogen) atoms. The highest BCUT2D eigenvalue weighted by Gasteiger charge is 2.24. The molecule has 2 atom stereocenters. The zero-order valence-electron chi connectivity index (χ0n) is 10.4. The maximum atomic E-state index is 4.51. The van der Waals surface area contributed by atoms with Gasteiger partial charge in [0.05, 0.1) is 10.7 Å². The summed E-state index contributed by atoms with van der Waals surface area (Å²) in [6, 6.07) is 0. The van der Waals surface area contributed by atoms with Crippen LogP contribution in [0.4, 0.5) is 0 Å². The van der Waals surface area contributed by atoms with Crippen LogP contribution in [0.3, 0.4) is 0 Å². The van der Waals surface area contributed by atoms with Gasteiger partial charge in [0, 0.05) is 18.5 Å². The SMILES string of the molecule is Cc1nc(CN(C)CC2CNCC2C)cs1. The molecule has 1 N–H and O–H groups in total. The van der Waals surface area contributed by atoms with Crippen LogP contribution in [-0.2, 0) is 6.54 Å². The Kier molecular flexibility index (Phi) is 3.95. The van der Waals surface area contributed by atoms with Crippen molar-refractivity contribution < 1.29 is 0 Å². The molecule has 1 aromatic rings. The van der Waals surface area contributed by atoms with Crippen LogP contribution in [0.25, 0.3) is 0 Å². The lowest BCUT2D eigenvalue weighted by molar-refractivity contribution is 0.250. The van der Waals surface area contributed by atoms with Crippen LogP contribution < -0.4 is 5.32 Å². The Morgan fingerprint density at radius 2 is 2.38 bits per heavy atom. The first-order valence-corrected chi connectivity index (χ1v) is 6.83. The lowest BCUT2D eigenvalue weighted by Crippen LogP contribution is -2.29. The summed E-state index contributed by atoms with van der Waals surface area (Å²) >= 11 is 1.74. The van der Waals surface area contributed by atoms with Gasteiger partial charge in [-0.3, -0.25) is 0 Å². The van der Waals surface area contributed by atoms with E-state index in [2.05, 4.69) is 41.5 Å². The predicted molar refractivity (Wildman–Crippen MR) is 68.7 cm³/mol. The molecule has 3 nitrogen and oxygen atoms in total. The minimum absolute atomic E-state index is 0.796. The van der Waals surface area contributed by atoms with Gasteiger partial charge in [-0.15, -0.1) is 11.3 Å². The Balaban J connectivity index is 1.82. The van der Waals surface area contributed by atoms with E-state index in [1.807, 2.05) is 0 Å². The number of rotatable bonds is 4. The molecular weight excluding hydrogens is 218 g/mol. The number of hydrogen-bond donors (Lipinski definition) is 1. The largest absolute Gasteiger partial charge is 0.316 e. The molecule has 2 heterocycles. The lowest BCUT2D eigenvalue weighted by Gasteiger charge is -2.22. The van der Waals surface area contributed by atoms with Crippen LogP contribution in [0.2, 0.25) is 0 Å². The van der Waals surface area contributed by atoms with E-state index in [1.54, 1.807) is 11.3 Å². The molecule has 0 saturated carbocycles. The number of aryl methyl sites for hydroxylation is 1. The smallest absolute Gasteiger partial charge is 0.0897 e. The first kappa shape index (κ1) is 12.0. The van der Waals surface area contributed by atoms with E-state index in [0.717, 1.165) is 18.4 Å². The van der Waals surface area contributed by atoms with E-state index >= 15 is 0 Å². The molecule has 1 saturated heterocycles.